The molecule has 2 atom stereocenters. The lowest BCUT2D eigenvalue weighted by molar-refractivity contribution is -0.150. The van der Waals surface area contributed by atoms with Gasteiger partial charge in [-0.25, -0.2) is 4.79 Å². The second-order valence-corrected chi connectivity index (χ2v) is 3.71. The quantitative estimate of drug-likeness (QED) is 0.413. The Morgan fingerprint density at radius 2 is 2.25 bits per heavy atom. The standard InChI is InChI=1S/C11H16N2O3/c1-4-7(5-2)9(11(15)16)13-6(3)8(12)10(13)14/h4,6,8H,1,5,12H2,2-3H3,(H,15,16)/b9-7-/t6?,8-/m0/s1. The Balaban J connectivity index is 3.15. The van der Waals surface area contributed by atoms with Crippen LogP contribution in [0.5, 0.6) is 0 Å². The van der Waals surface area contributed by atoms with E-state index in [1.165, 1.54) is 11.0 Å². The molecule has 0 saturated carbocycles. The van der Waals surface area contributed by atoms with E-state index in [1.807, 2.05) is 6.92 Å². The number of hydrogen-bond acceptors (Lipinski definition) is 3. The number of carbonyl (C=O) groups is 2. The fourth-order valence-electron chi connectivity index (χ4n) is 1.76. The number of rotatable bonds is 4. The molecule has 1 aliphatic rings. The zero-order chi connectivity index (χ0) is 12.5. The molecular weight excluding hydrogens is 208 g/mol. The van der Waals surface area contributed by atoms with Crippen molar-refractivity contribution in [3.8, 4) is 0 Å². The molecule has 0 aromatic heterocycles. The van der Waals surface area contributed by atoms with E-state index >= 15 is 0 Å². The molecule has 1 saturated heterocycles. The fraction of sp³-hybridized carbons (Fsp3) is 0.455. The maximum Gasteiger partial charge on any atom is 0.352 e. The Morgan fingerprint density at radius 3 is 2.56 bits per heavy atom. The van der Waals surface area contributed by atoms with Crippen molar-refractivity contribution in [2.24, 2.45) is 5.73 Å². The average Bonchev–Trinajstić information content (AvgIpc) is 2.27. The molecule has 88 valence electrons. The molecule has 3 N–H and O–H groups in total. The highest BCUT2D eigenvalue weighted by Crippen LogP contribution is 2.27. The minimum absolute atomic E-state index is 0.00306. The Morgan fingerprint density at radius 1 is 1.69 bits per heavy atom. The molecule has 5 nitrogen and oxygen atoms in total. The monoisotopic (exact) mass is 224 g/mol. The molecule has 5 heteroatoms. The van der Waals surface area contributed by atoms with Crippen molar-refractivity contribution in [1.82, 2.24) is 4.90 Å². The summed E-state index contributed by atoms with van der Waals surface area (Å²) in [5.74, 6) is -1.47. The number of allylic oxidation sites excluding steroid dienone is 2. The average molecular weight is 224 g/mol. The number of nitrogens with two attached hydrogens (primary N) is 1. The van der Waals surface area contributed by atoms with Crippen LogP contribution in [-0.4, -0.2) is 34.0 Å². The number of hydrogen-bond donors (Lipinski definition) is 2. The van der Waals surface area contributed by atoms with Crippen LogP contribution >= 0.6 is 0 Å². The van der Waals surface area contributed by atoms with Gasteiger partial charge in [0.15, 0.2) is 0 Å². The van der Waals surface area contributed by atoms with Gasteiger partial charge in [0.05, 0.1) is 6.04 Å². The van der Waals surface area contributed by atoms with Crippen LogP contribution in [0.2, 0.25) is 0 Å². The van der Waals surface area contributed by atoms with Crippen molar-refractivity contribution in [3.63, 3.8) is 0 Å². The second kappa shape index (κ2) is 4.49. The van der Waals surface area contributed by atoms with Crippen molar-refractivity contribution in [3.05, 3.63) is 23.9 Å². The molecular formula is C11H16N2O3. The molecule has 0 radical (unpaired) electrons. The van der Waals surface area contributed by atoms with Gasteiger partial charge in [-0.3, -0.25) is 9.69 Å². The van der Waals surface area contributed by atoms with Crippen LogP contribution in [0.15, 0.2) is 23.9 Å². The maximum absolute atomic E-state index is 11.5. The smallest absolute Gasteiger partial charge is 0.352 e. The summed E-state index contributed by atoms with van der Waals surface area (Å²) < 4.78 is 0. The van der Waals surface area contributed by atoms with E-state index in [1.54, 1.807) is 6.92 Å². The first-order valence-corrected chi connectivity index (χ1v) is 5.13. The van der Waals surface area contributed by atoms with Gasteiger partial charge < -0.3 is 10.8 Å². The molecule has 0 spiro atoms. The Kier molecular flexibility index (Phi) is 3.49. The third-order valence-corrected chi connectivity index (χ3v) is 2.82. The number of likely N-dealkylation sites (tertiary alicyclic amines) is 1. The zero-order valence-corrected chi connectivity index (χ0v) is 9.43. The van der Waals surface area contributed by atoms with E-state index in [4.69, 9.17) is 10.8 Å². The zero-order valence-electron chi connectivity index (χ0n) is 9.43. The summed E-state index contributed by atoms with van der Waals surface area (Å²) >= 11 is 0. The molecule has 1 amide bonds. The third-order valence-electron chi connectivity index (χ3n) is 2.82. The summed E-state index contributed by atoms with van der Waals surface area (Å²) in [5, 5.41) is 9.12. The van der Waals surface area contributed by atoms with Gasteiger partial charge in [0, 0.05) is 0 Å². The highest BCUT2D eigenvalue weighted by Gasteiger charge is 2.46. The summed E-state index contributed by atoms with van der Waals surface area (Å²) in [6.45, 7) is 7.10. The topological polar surface area (TPSA) is 83.6 Å². The first kappa shape index (κ1) is 12.4. The van der Waals surface area contributed by atoms with E-state index in [-0.39, 0.29) is 17.6 Å². The number of carbonyl (C=O) groups excluding carboxylic acids is 1. The van der Waals surface area contributed by atoms with Gasteiger partial charge in [0.2, 0.25) is 5.91 Å². The first-order chi connectivity index (χ1) is 7.45. The number of nitrogens with zero attached hydrogens (tertiary/aromatic N) is 1. The van der Waals surface area contributed by atoms with Gasteiger partial charge in [-0.1, -0.05) is 19.6 Å². The summed E-state index contributed by atoms with van der Waals surface area (Å²) in [7, 11) is 0. The van der Waals surface area contributed by atoms with Gasteiger partial charge in [0.25, 0.3) is 0 Å². The lowest BCUT2D eigenvalue weighted by Gasteiger charge is -2.43. The summed E-state index contributed by atoms with van der Waals surface area (Å²) in [6.07, 6.45) is 1.98. The largest absolute Gasteiger partial charge is 0.477 e. The van der Waals surface area contributed by atoms with Gasteiger partial charge in [0.1, 0.15) is 11.7 Å². The van der Waals surface area contributed by atoms with Crippen molar-refractivity contribution in [1.29, 1.82) is 0 Å². The van der Waals surface area contributed by atoms with Crippen LogP contribution < -0.4 is 5.73 Å². The predicted octanol–water partition coefficient (Wildman–Crippen LogP) is 0.479. The predicted molar refractivity (Wildman–Crippen MR) is 59.4 cm³/mol. The molecule has 1 unspecified atom stereocenters. The van der Waals surface area contributed by atoms with Crippen molar-refractivity contribution >= 4 is 11.9 Å². The van der Waals surface area contributed by atoms with Crippen molar-refractivity contribution in [2.75, 3.05) is 0 Å². The van der Waals surface area contributed by atoms with Gasteiger partial charge in [-0.15, -0.1) is 0 Å². The lowest BCUT2D eigenvalue weighted by atomic mass is 9.95. The fourth-order valence-corrected chi connectivity index (χ4v) is 1.76. The molecule has 1 aliphatic heterocycles. The molecule has 0 aromatic carbocycles. The van der Waals surface area contributed by atoms with E-state index in [2.05, 4.69) is 6.58 Å². The minimum Gasteiger partial charge on any atom is -0.477 e. The summed E-state index contributed by atoms with van der Waals surface area (Å²) in [5.41, 5.74) is 6.08. The summed E-state index contributed by atoms with van der Waals surface area (Å²) in [6, 6.07) is -0.877. The van der Waals surface area contributed by atoms with Crippen molar-refractivity contribution < 1.29 is 14.7 Å². The number of amides is 1. The van der Waals surface area contributed by atoms with Crippen LogP contribution in [0.3, 0.4) is 0 Å². The number of carboxylic acid groups (broad SMARTS) is 1. The van der Waals surface area contributed by atoms with E-state index in [0.29, 0.717) is 12.0 Å². The molecule has 0 aromatic rings. The Bertz CT molecular complexity index is 373. The molecule has 16 heavy (non-hydrogen) atoms. The molecule has 1 rings (SSSR count). The molecule has 1 fully saturated rings. The highest BCUT2D eigenvalue weighted by atomic mass is 16.4. The van der Waals surface area contributed by atoms with E-state index in [9.17, 15) is 9.59 Å². The maximum atomic E-state index is 11.5. The van der Waals surface area contributed by atoms with Crippen LogP contribution in [-0.2, 0) is 9.59 Å². The molecule has 1 heterocycles. The van der Waals surface area contributed by atoms with E-state index in [0.717, 1.165) is 0 Å². The second-order valence-electron chi connectivity index (χ2n) is 3.71. The molecule has 0 bridgehead atoms. The summed E-state index contributed by atoms with van der Waals surface area (Å²) in [4.78, 5) is 23.9. The van der Waals surface area contributed by atoms with E-state index < -0.39 is 12.0 Å². The first-order valence-electron chi connectivity index (χ1n) is 5.13. The Hall–Kier alpha value is -1.62. The minimum atomic E-state index is -1.12. The van der Waals surface area contributed by atoms with Crippen molar-refractivity contribution in [2.45, 2.75) is 32.4 Å². The van der Waals surface area contributed by atoms with Gasteiger partial charge >= 0.3 is 5.97 Å². The highest BCUT2D eigenvalue weighted by molar-refractivity contribution is 5.99. The number of aliphatic carboxylic acids is 1. The van der Waals surface area contributed by atoms with Crippen LogP contribution in [0, 0.1) is 0 Å². The lowest BCUT2D eigenvalue weighted by Crippen LogP contribution is -2.67. The normalized spacial score (nSPS) is 25.9. The van der Waals surface area contributed by atoms with Crippen LogP contribution in [0.1, 0.15) is 20.3 Å². The third kappa shape index (κ3) is 1.74. The SMILES string of the molecule is C=C/C(CC)=C(\C(=O)O)N1C(=O)[C@@H](N)C1C. The van der Waals surface area contributed by atoms with Crippen LogP contribution in [0.25, 0.3) is 0 Å². The van der Waals surface area contributed by atoms with Gasteiger partial charge in [-0.2, -0.15) is 0 Å². The number of carboxylic acids is 1. The van der Waals surface area contributed by atoms with Crippen LogP contribution in [0.4, 0.5) is 0 Å². The Labute approximate surface area is 94.2 Å². The molecule has 0 aliphatic carbocycles. The van der Waals surface area contributed by atoms with Gasteiger partial charge in [-0.05, 0) is 18.9 Å². The number of β-lactam (4-membered cyclic amide) rings is 1.